The lowest BCUT2D eigenvalue weighted by Gasteiger charge is -2.25. The van der Waals surface area contributed by atoms with Crippen LogP contribution in [0.3, 0.4) is 0 Å². The SMILES string of the molecule is Cc1cccc(-n2ncc3c2CCCC3NC(=O)C(N)=C2CCCCC2=O)c1C. The summed E-state index contributed by atoms with van der Waals surface area (Å²) in [6.45, 7) is 4.20. The molecule has 4 rings (SSSR count). The number of fused-ring (bicyclic) bond motifs is 1. The van der Waals surface area contributed by atoms with Crippen LogP contribution in [0.5, 0.6) is 0 Å². The van der Waals surface area contributed by atoms with Crippen molar-refractivity contribution in [2.24, 2.45) is 5.73 Å². The van der Waals surface area contributed by atoms with Gasteiger partial charge in [-0.05, 0) is 69.6 Å². The number of benzene rings is 1. The normalized spacial score (nSPS) is 20.9. The van der Waals surface area contributed by atoms with E-state index in [2.05, 4.69) is 36.4 Å². The van der Waals surface area contributed by atoms with Crippen molar-refractivity contribution in [2.45, 2.75) is 64.8 Å². The fourth-order valence-corrected chi connectivity index (χ4v) is 4.42. The summed E-state index contributed by atoms with van der Waals surface area (Å²) in [4.78, 5) is 24.9. The van der Waals surface area contributed by atoms with E-state index in [9.17, 15) is 9.59 Å². The first kappa shape index (κ1) is 19.4. The number of nitrogens with two attached hydrogens (primary N) is 1. The van der Waals surface area contributed by atoms with Gasteiger partial charge < -0.3 is 11.1 Å². The van der Waals surface area contributed by atoms with Crippen LogP contribution in [-0.2, 0) is 16.0 Å². The third-order valence-corrected chi connectivity index (χ3v) is 6.28. The summed E-state index contributed by atoms with van der Waals surface area (Å²) in [5.41, 5.74) is 12.3. The van der Waals surface area contributed by atoms with E-state index < -0.39 is 0 Å². The summed E-state index contributed by atoms with van der Waals surface area (Å²) in [5.74, 6) is -0.330. The highest BCUT2D eigenvalue weighted by atomic mass is 16.2. The van der Waals surface area contributed by atoms with Gasteiger partial charge in [0, 0.05) is 23.3 Å². The lowest BCUT2D eigenvalue weighted by molar-refractivity contribution is -0.120. The van der Waals surface area contributed by atoms with Crippen molar-refractivity contribution in [3.63, 3.8) is 0 Å². The molecule has 0 spiro atoms. The predicted octanol–water partition coefficient (Wildman–Crippen LogP) is 3.34. The molecule has 0 saturated heterocycles. The van der Waals surface area contributed by atoms with Crippen molar-refractivity contribution in [3.05, 3.63) is 58.1 Å². The predicted molar refractivity (Wildman–Crippen MR) is 112 cm³/mol. The van der Waals surface area contributed by atoms with Crippen LogP contribution in [0, 0.1) is 13.8 Å². The molecular formula is C23H28N4O2. The van der Waals surface area contributed by atoms with E-state index in [1.165, 1.54) is 11.1 Å². The fraction of sp³-hybridized carbons (Fsp3) is 0.435. The molecule has 1 atom stereocenters. The van der Waals surface area contributed by atoms with E-state index >= 15 is 0 Å². The Labute approximate surface area is 171 Å². The van der Waals surface area contributed by atoms with Crippen LogP contribution in [0.25, 0.3) is 5.69 Å². The van der Waals surface area contributed by atoms with Gasteiger partial charge in [0.15, 0.2) is 5.78 Å². The van der Waals surface area contributed by atoms with Gasteiger partial charge in [0.05, 0.1) is 17.9 Å². The van der Waals surface area contributed by atoms with Crippen molar-refractivity contribution < 1.29 is 9.59 Å². The van der Waals surface area contributed by atoms with Gasteiger partial charge in [-0.3, -0.25) is 9.59 Å². The number of allylic oxidation sites excluding steroid dienone is 1. The number of nitrogens with zero attached hydrogens (tertiary/aromatic N) is 2. The van der Waals surface area contributed by atoms with Crippen LogP contribution in [0.15, 0.2) is 35.7 Å². The molecule has 1 aromatic carbocycles. The van der Waals surface area contributed by atoms with Gasteiger partial charge in [-0.2, -0.15) is 5.10 Å². The van der Waals surface area contributed by atoms with Gasteiger partial charge in [-0.15, -0.1) is 0 Å². The topological polar surface area (TPSA) is 90.0 Å². The summed E-state index contributed by atoms with van der Waals surface area (Å²) in [5, 5.41) is 7.70. The molecule has 29 heavy (non-hydrogen) atoms. The van der Waals surface area contributed by atoms with E-state index in [0.29, 0.717) is 18.4 Å². The number of aromatic nitrogens is 2. The van der Waals surface area contributed by atoms with Gasteiger partial charge in [-0.1, -0.05) is 12.1 Å². The number of carbonyl (C=O) groups excluding carboxylic acids is 2. The Bertz CT molecular complexity index is 1000. The zero-order chi connectivity index (χ0) is 20.5. The number of carbonyl (C=O) groups is 2. The maximum absolute atomic E-state index is 12.8. The summed E-state index contributed by atoms with van der Waals surface area (Å²) < 4.78 is 2.00. The van der Waals surface area contributed by atoms with Gasteiger partial charge >= 0.3 is 0 Å². The Morgan fingerprint density at radius 3 is 2.76 bits per heavy atom. The molecular weight excluding hydrogens is 364 g/mol. The number of ketones is 1. The lowest BCUT2D eigenvalue weighted by atomic mass is 9.90. The largest absolute Gasteiger partial charge is 0.394 e. The Hall–Kier alpha value is -2.89. The molecule has 1 saturated carbocycles. The molecule has 2 aromatic rings. The Morgan fingerprint density at radius 2 is 1.97 bits per heavy atom. The molecule has 1 fully saturated rings. The fourth-order valence-electron chi connectivity index (χ4n) is 4.42. The third-order valence-electron chi connectivity index (χ3n) is 6.28. The molecule has 6 nitrogen and oxygen atoms in total. The van der Waals surface area contributed by atoms with E-state index in [1.807, 2.05) is 16.9 Å². The van der Waals surface area contributed by atoms with E-state index in [4.69, 9.17) is 5.73 Å². The highest BCUT2D eigenvalue weighted by Crippen LogP contribution is 2.32. The molecule has 2 aliphatic rings. The second-order valence-corrected chi connectivity index (χ2v) is 8.12. The van der Waals surface area contributed by atoms with Crippen molar-refractivity contribution >= 4 is 11.7 Å². The molecule has 2 aliphatic carbocycles. The molecule has 1 amide bonds. The summed E-state index contributed by atoms with van der Waals surface area (Å²) in [6, 6.07) is 6.08. The van der Waals surface area contributed by atoms with E-state index in [1.54, 1.807) is 0 Å². The lowest BCUT2D eigenvalue weighted by Crippen LogP contribution is -2.35. The first-order valence-corrected chi connectivity index (χ1v) is 10.4. The molecule has 0 bridgehead atoms. The standard InChI is InChI=1S/C23H28N4O2/c1-14-7-5-10-19(15(14)2)27-20-11-6-9-18(17(20)13-25-27)26-23(29)22(24)16-8-3-4-12-21(16)28/h5,7,10,13,18H,3-4,6,8-9,11-12,24H2,1-2H3,(H,26,29). The van der Waals surface area contributed by atoms with Crippen LogP contribution >= 0.6 is 0 Å². The molecule has 0 radical (unpaired) electrons. The highest BCUT2D eigenvalue weighted by molar-refractivity contribution is 6.05. The molecule has 1 unspecified atom stereocenters. The van der Waals surface area contributed by atoms with Crippen LogP contribution in [-0.4, -0.2) is 21.5 Å². The van der Waals surface area contributed by atoms with Gasteiger partial charge in [-0.25, -0.2) is 4.68 Å². The molecule has 152 valence electrons. The molecule has 1 heterocycles. The first-order chi connectivity index (χ1) is 14.0. The number of hydrogen-bond acceptors (Lipinski definition) is 4. The number of aryl methyl sites for hydroxylation is 1. The number of nitrogens with one attached hydrogen (secondary N) is 1. The summed E-state index contributed by atoms with van der Waals surface area (Å²) >= 11 is 0. The smallest absolute Gasteiger partial charge is 0.268 e. The molecule has 6 heteroatoms. The number of amides is 1. The Morgan fingerprint density at radius 1 is 1.17 bits per heavy atom. The minimum Gasteiger partial charge on any atom is -0.394 e. The van der Waals surface area contributed by atoms with Crippen molar-refractivity contribution in [1.29, 1.82) is 0 Å². The molecule has 3 N–H and O–H groups in total. The quantitative estimate of drug-likeness (QED) is 0.784. The minimum atomic E-state index is -0.340. The van der Waals surface area contributed by atoms with Crippen molar-refractivity contribution in [2.75, 3.05) is 0 Å². The summed E-state index contributed by atoms with van der Waals surface area (Å²) in [6.07, 6.45) is 7.45. The van der Waals surface area contributed by atoms with Crippen molar-refractivity contribution in [3.8, 4) is 5.69 Å². The average Bonchev–Trinajstić information content (AvgIpc) is 3.15. The number of hydrogen-bond donors (Lipinski definition) is 2. The average molecular weight is 393 g/mol. The number of Topliss-reactive ketones (excluding diaryl/α,β-unsaturated/α-hetero) is 1. The van der Waals surface area contributed by atoms with Gasteiger partial charge in [0.25, 0.3) is 5.91 Å². The van der Waals surface area contributed by atoms with Gasteiger partial charge in [0.2, 0.25) is 0 Å². The highest BCUT2D eigenvalue weighted by Gasteiger charge is 2.28. The zero-order valence-corrected chi connectivity index (χ0v) is 17.1. The first-order valence-electron chi connectivity index (χ1n) is 10.4. The van der Waals surface area contributed by atoms with Gasteiger partial charge in [0.1, 0.15) is 5.70 Å². The maximum atomic E-state index is 12.8. The Kier molecular flexibility index (Phi) is 5.26. The van der Waals surface area contributed by atoms with Crippen LogP contribution in [0.2, 0.25) is 0 Å². The van der Waals surface area contributed by atoms with E-state index in [0.717, 1.165) is 49.0 Å². The monoisotopic (exact) mass is 392 g/mol. The second-order valence-electron chi connectivity index (χ2n) is 8.12. The zero-order valence-electron chi connectivity index (χ0n) is 17.1. The maximum Gasteiger partial charge on any atom is 0.268 e. The minimum absolute atomic E-state index is 0.0102. The molecule has 1 aromatic heterocycles. The van der Waals surface area contributed by atoms with E-state index in [-0.39, 0.29) is 23.4 Å². The van der Waals surface area contributed by atoms with Crippen molar-refractivity contribution in [1.82, 2.24) is 15.1 Å². The summed E-state index contributed by atoms with van der Waals surface area (Å²) in [7, 11) is 0. The molecule has 0 aliphatic heterocycles. The van der Waals surface area contributed by atoms with Crippen LogP contribution in [0.1, 0.15) is 67.0 Å². The Balaban J connectivity index is 1.61. The second kappa shape index (κ2) is 7.85. The number of rotatable bonds is 3. The van der Waals surface area contributed by atoms with Crippen LogP contribution in [0.4, 0.5) is 0 Å². The van der Waals surface area contributed by atoms with Crippen LogP contribution < -0.4 is 11.1 Å². The third kappa shape index (κ3) is 3.59.